The Morgan fingerprint density at radius 3 is 2.78 bits per heavy atom. The number of nitrogens with one attached hydrogen (secondary N) is 2. The minimum Gasteiger partial charge on any atom is -0.390 e. The SMILES string of the molecule is COC[C@]12CC[C@@](C)(O)C[C@@H]1CC[C@H]1[C@@H]3CC[C@H](C(=O)CN/N=C4/N=CC(Cl)=CC4=N)[C@@]3(C)CC[C@@H]12. The number of hydrogen-bond acceptors (Lipinski definition) is 6. The quantitative estimate of drug-likeness (QED) is 0.444. The van der Waals surface area contributed by atoms with Crippen molar-refractivity contribution < 1.29 is 14.6 Å². The van der Waals surface area contributed by atoms with E-state index in [0.717, 1.165) is 58.0 Å². The maximum atomic E-state index is 13.4. The van der Waals surface area contributed by atoms with Crippen molar-refractivity contribution in [3.63, 3.8) is 0 Å². The fraction of sp³-hybridized carbons (Fsp3) is 0.786. The molecule has 0 unspecified atom stereocenters. The monoisotopic (exact) mass is 516 g/mol. The number of ketones is 1. The lowest BCUT2D eigenvalue weighted by molar-refractivity contribution is -0.175. The van der Waals surface area contributed by atoms with Crippen LogP contribution in [-0.2, 0) is 9.53 Å². The van der Waals surface area contributed by atoms with Crippen LogP contribution in [0.5, 0.6) is 0 Å². The number of nitrogens with zero attached hydrogens (tertiary/aromatic N) is 2. The molecule has 8 atom stereocenters. The van der Waals surface area contributed by atoms with E-state index < -0.39 is 5.60 Å². The Bertz CT molecular complexity index is 1010. The third-order valence-electron chi connectivity index (χ3n) is 10.7. The van der Waals surface area contributed by atoms with Crippen LogP contribution in [-0.4, -0.2) is 54.5 Å². The van der Waals surface area contributed by atoms with Crippen LogP contribution >= 0.6 is 11.6 Å². The molecule has 0 aromatic rings. The normalized spacial score (nSPS) is 45.0. The van der Waals surface area contributed by atoms with Crippen LogP contribution in [0.25, 0.3) is 0 Å². The largest absolute Gasteiger partial charge is 0.390 e. The van der Waals surface area contributed by atoms with Crippen LogP contribution < -0.4 is 5.43 Å². The summed E-state index contributed by atoms with van der Waals surface area (Å²) in [5.41, 5.74) is 2.67. The number of carbonyl (C=O) groups is 1. The first-order chi connectivity index (χ1) is 17.1. The third kappa shape index (κ3) is 4.39. The van der Waals surface area contributed by atoms with E-state index in [-0.39, 0.29) is 40.6 Å². The summed E-state index contributed by atoms with van der Waals surface area (Å²) in [6, 6.07) is 0. The zero-order valence-corrected chi connectivity index (χ0v) is 22.6. The molecule has 7 nitrogen and oxygen atoms in total. The molecule has 198 valence electrons. The van der Waals surface area contributed by atoms with Gasteiger partial charge in [-0.1, -0.05) is 18.5 Å². The van der Waals surface area contributed by atoms with Crippen molar-refractivity contribution in [1.82, 2.24) is 5.43 Å². The van der Waals surface area contributed by atoms with Crippen LogP contribution in [0.1, 0.15) is 71.6 Å². The van der Waals surface area contributed by atoms with Gasteiger partial charge in [-0.05, 0) is 105 Å². The molecule has 8 heteroatoms. The molecule has 5 rings (SSSR count). The number of fused-ring (bicyclic) bond motifs is 5. The second-order valence-corrected chi connectivity index (χ2v) is 13.1. The first-order valence-electron chi connectivity index (χ1n) is 13.6. The highest BCUT2D eigenvalue weighted by atomic mass is 35.5. The Hall–Kier alpha value is -1.57. The summed E-state index contributed by atoms with van der Waals surface area (Å²) in [6.07, 6.45) is 12.4. The number of hydrazone groups is 1. The van der Waals surface area contributed by atoms with Gasteiger partial charge >= 0.3 is 0 Å². The van der Waals surface area contributed by atoms with Gasteiger partial charge in [0.15, 0.2) is 11.6 Å². The molecule has 0 saturated heterocycles. The molecular weight excluding hydrogens is 476 g/mol. The van der Waals surface area contributed by atoms with Gasteiger partial charge in [0.05, 0.1) is 23.8 Å². The minimum absolute atomic E-state index is 0.0281. The fourth-order valence-electron chi connectivity index (χ4n) is 9.15. The molecule has 3 N–H and O–H groups in total. The molecule has 0 spiro atoms. The summed E-state index contributed by atoms with van der Waals surface area (Å²) in [6.45, 7) is 5.33. The number of carbonyl (C=O) groups excluding carboxylic acids is 1. The average Bonchev–Trinajstić information content (AvgIpc) is 3.18. The summed E-state index contributed by atoms with van der Waals surface area (Å²) >= 11 is 5.88. The summed E-state index contributed by atoms with van der Waals surface area (Å²) < 4.78 is 5.87. The molecule has 1 heterocycles. The Labute approximate surface area is 219 Å². The lowest BCUT2D eigenvalue weighted by Crippen LogP contribution is -2.58. The maximum Gasteiger partial charge on any atom is 0.196 e. The minimum atomic E-state index is -0.552. The van der Waals surface area contributed by atoms with Crippen molar-refractivity contribution in [3.8, 4) is 0 Å². The molecule has 0 aromatic heterocycles. The molecule has 5 aliphatic rings. The smallest absolute Gasteiger partial charge is 0.196 e. The fourth-order valence-corrected chi connectivity index (χ4v) is 9.31. The molecule has 0 aromatic carbocycles. The van der Waals surface area contributed by atoms with Gasteiger partial charge in [-0.3, -0.25) is 10.2 Å². The van der Waals surface area contributed by atoms with Gasteiger partial charge in [0.2, 0.25) is 0 Å². The van der Waals surface area contributed by atoms with Gasteiger partial charge < -0.3 is 15.3 Å². The van der Waals surface area contributed by atoms with Gasteiger partial charge in [-0.2, -0.15) is 5.10 Å². The topological polar surface area (TPSA) is 107 Å². The highest BCUT2D eigenvalue weighted by molar-refractivity contribution is 6.53. The number of rotatable bonds is 6. The van der Waals surface area contributed by atoms with Crippen molar-refractivity contribution in [2.75, 3.05) is 20.3 Å². The number of halogens is 1. The Morgan fingerprint density at radius 2 is 2.03 bits per heavy atom. The van der Waals surface area contributed by atoms with Gasteiger partial charge in [-0.15, -0.1) is 0 Å². The number of amidine groups is 1. The van der Waals surface area contributed by atoms with Crippen molar-refractivity contribution in [2.24, 2.45) is 50.5 Å². The number of aliphatic imine (C=N–C) groups is 1. The summed E-state index contributed by atoms with van der Waals surface area (Å²) in [7, 11) is 1.83. The number of dihydropyridines is 1. The second-order valence-electron chi connectivity index (χ2n) is 12.6. The number of ether oxygens (including phenoxy) is 1. The lowest BCUT2D eigenvalue weighted by Gasteiger charge is -2.62. The van der Waals surface area contributed by atoms with E-state index in [4.69, 9.17) is 21.7 Å². The average molecular weight is 517 g/mol. The maximum absolute atomic E-state index is 13.4. The molecule has 0 bridgehead atoms. The van der Waals surface area contributed by atoms with Gasteiger partial charge in [0.1, 0.15) is 5.71 Å². The van der Waals surface area contributed by atoms with E-state index >= 15 is 0 Å². The van der Waals surface area contributed by atoms with E-state index in [1.54, 1.807) is 0 Å². The standard InChI is InChI=1S/C28H41ClN4O3/c1-26(35)10-11-28(16-36-3)17(13-26)4-5-19-20-6-7-22(27(20,2)9-8-21(19)28)24(34)15-32-33-25-23(30)12-18(29)14-31-25/h12,14,17,19-22,30,32,35H,4-11,13,15-16H2,1-3H3/b30-23?,33-25+/t17-,19-,20-,21-,22+,26+,27-,28+/m0/s1. The molecule has 4 fully saturated rings. The van der Waals surface area contributed by atoms with Crippen LogP contribution in [0, 0.1) is 45.8 Å². The van der Waals surface area contributed by atoms with Gasteiger partial charge in [0.25, 0.3) is 0 Å². The first kappa shape index (κ1) is 26.1. The Morgan fingerprint density at radius 1 is 1.22 bits per heavy atom. The second kappa shape index (κ2) is 9.63. The molecule has 4 aliphatic carbocycles. The highest BCUT2D eigenvalue weighted by Crippen LogP contribution is 2.68. The Balaban J connectivity index is 1.28. The third-order valence-corrected chi connectivity index (χ3v) is 10.9. The zero-order chi connectivity index (χ0) is 25.7. The summed E-state index contributed by atoms with van der Waals surface area (Å²) in [5.74, 6) is 2.86. The van der Waals surface area contributed by atoms with E-state index in [0.29, 0.717) is 28.7 Å². The van der Waals surface area contributed by atoms with Gasteiger partial charge in [0, 0.05) is 19.2 Å². The van der Waals surface area contributed by atoms with E-state index in [9.17, 15) is 9.90 Å². The van der Waals surface area contributed by atoms with Crippen molar-refractivity contribution >= 4 is 35.1 Å². The first-order valence-corrected chi connectivity index (χ1v) is 14.0. The number of methoxy groups -OCH3 is 1. The number of Topliss-reactive ketones (excluding diaryl/α,β-unsaturated/α-hetero) is 1. The predicted molar refractivity (Wildman–Crippen MR) is 143 cm³/mol. The molecule has 36 heavy (non-hydrogen) atoms. The van der Waals surface area contributed by atoms with Crippen LogP contribution in [0.4, 0.5) is 0 Å². The summed E-state index contributed by atoms with van der Waals surface area (Å²) in [5, 5.41) is 23.4. The van der Waals surface area contributed by atoms with E-state index in [1.807, 2.05) is 14.0 Å². The zero-order valence-electron chi connectivity index (χ0n) is 21.9. The van der Waals surface area contributed by atoms with Crippen LogP contribution in [0.15, 0.2) is 21.2 Å². The van der Waals surface area contributed by atoms with Crippen molar-refractivity contribution in [1.29, 1.82) is 5.41 Å². The lowest BCUT2D eigenvalue weighted by atomic mass is 9.43. The number of hydrogen-bond donors (Lipinski definition) is 3. The van der Waals surface area contributed by atoms with Crippen LogP contribution in [0.2, 0.25) is 0 Å². The van der Waals surface area contributed by atoms with Gasteiger partial charge in [-0.25, -0.2) is 4.99 Å². The Kier molecular flexibility index (Phi) is 6.97. The molecular formula is C28H41ClN4O3. The summed E-state index contributed by atoms with van der Waals surface area (Å²) in [4.78, 5) is 17.5. The highest BCUT2D eigenvalue weighted by Gasteiger charge is 2.63. The molecule has 0 amide bonds. The predicted octanol–water partition coefficient (Wildman–Crippen LogP) is 4.72. The van der Waals surface area contributed by atoms with E-state index in [2.05, 4.69) is 22.4 Å². The molecule has 4 saturated carbocycles. The molecule has 0 radical (unpaired) electrons. The molecule has 1 aliphatic heterocycles. The van der Waals surface area contributed by atoms with Crippen LogP contribution in [0.3, 0.4) is 0 Å². The number of allylic oxidation sites excluding steroid dienone is 1. The van der Waals surface area contributed by atoms with Crippen molar-refractivity contribution in [2.45, 2.75) is 77.2 Å². The number of aliphatic hydroxyl groups is 1. The van der Waals surface area contributed by atoms with E-state index in [1.165, 1.54) is 18.7 Å². The van der Waals surface area contributed by atoms with Crippen molar-refractivity contribution in [3.05, 3.63) is 11.1 Å².